The van der Waals surface area contributed by atoms with Gasteiger partial charge in [0.25, 0.3) is 5.91 Å². The monoisotopic (exact) mass is 398 g/mol. The van der Waals surface area contributed by atoms with E-state index in [1.54, 1.807) is 29.2 Å². The minimum absolute atomic E-state index is 0.0557. The molecule has 1 saturated heterocycles. The van der Waals surface area contributed by atoms with E-state index < -0.39 is 36.6 Å². The number of hydrogen-bond donors (Lipinski definition) is 1. The highest BCUT2D eigenvalue weighted by atomic mass is 19.1. The lowest BCUT2D eigenvalue weighted by Gasteiger charge is -2.15. The molecule has 0 spiro atoms. The third-order valence-electron chi connectivity index (χ3n) is 4.44. The maximum absolute atomic E-state index is 12.8. The van der Waals surface area contributed by atoms with Crippen molar-refractivity contribution >= 4 is 29.3 Å². The molecule has 0 atom stereocenters. The molecule has 1 heterocycles. The number of esters is 1. The summed E-state index contributed by atoms with van der Waals surface area (Å²) in [5, 5.41) is 2.41. The Balaban J connectivity index is 1.44. The van der Waals surface area contributed by atoms with E-state index in [1.165, 1.54) is 12.1 Å². The molecule has 0 saturated carbocycles. The van der Waals surface area contributed by atoms with E-state index in [-0.39, 0.29) is 11.5 Å². The largest absolute Gasteiger partial charge is 0.456 e. The molecule has 2 amide bonds. The Bertz CT molecular complexity index is 925. The van der Waals surface area contributed by atoms with Gasteiger partial charge in [0, 0.05) is 29.8 Å². The van der Waals surface area contributed by atoms with Crippen LogP contribution >= 0.6 is 0 Å². The van der Waals surface area contributed by atoms with Crippen LogP contribution in [0.15, 0.2) is 48.5 Å². The van der Waals surface area contributed by atoms with E-state index in [1.807, 2.05) is 0 Å². The first-order valence-corrected chi connectivity index (χ1v) is 9.07. The van der Waals surface area contributed by atoms with E-state index in [4.69, 9.17) is 4.74 Å². The van der Waals surface area contributed by atoms with E-state index in [2.05, 4.69) is 5.32 Å². The number of carbonyl (C=O) groups is 4. The van der Waals surface area contributed by atoms with Crippen LogP contribution in [0, 0.1) is 5.82 Å². The fourth-order valence-corrected chi connectivity index (χ4v) is 2.88. The minimum atomic E-state index is -0.770. The van der Waals surface area contributed by atoms with Crippen LogP contribution in [-0.4, -0.2) is 43.3 Å². The van der Waals surface area contributed by atoms with Gasteiger partial charge in [0.05, 0.1) is 0 Å². The number of Topliss-reactive ketones (excluding diaryl/α,β-unsaturated/α-hetero) is 1. The smallest absolute Gasteiger partial charge is 0.325 e. The molecule has 1 aliphatic rings. The van der Waals surface area contributed by atoms with Crippen LogP contribution in [0.4, 0.5) is 10.1 Å². The van der Waals surface area contributed by atoms with Crippen molar-refractivity contribution < 1.29 is 28.3 Å². The number of halogens is 1. The van der Waals surface area contributed by atoms with Crippen molar-refractivity contribution in [2.75, 3.05) is 24.6 Å². The highest BCUT2D eigenvalue weighted by molar-refractivity contribution is 5.99. The zero-order valence-corrected chi connectivity index (χ0v) is 15.5. The molecule has 0 aromatic heterocycles. The average Bonchev–Trinajstić information content (AvgIpc) is 3.16. The molecule has 29 heavy (non-hydrogen) atoms. The van der Waals surface area contributed by atoms with Crippen molar-refractivity contribution in [3.8, 4) is 0 Å². The number of ketones is 1. The van der Waals surface area contributed by atoms with Crippen molar-refractivity contribution in [1.82, 2.24) is 5.32 Å². The normalized spacial score (nSPS) is 13.3. The van der Waals surface area contributed by atoms with E-state index in [0.717, 1.165) is 24.2 Å². The molecule has 3 rings (SSSR count). The molecule has 0 radical (unpaired) electrons. The summed E-state index contributed by atoms with van der Waals surface area (Å²) in [5.74, 6) is -2.14. The number of rotatable bonds is 7. The summed E-state index contributed by atoms with van der Waals surface area (Å²) in [6.07, 6.45) is 1.33. The number of benzene rings is 2. The first-order valence-electron chi connectivity index (χ1n) is 9.07. The second kappa shape index (κ2) is 9.09. The lowest BCUT2D eigenvalue weighted by molar-refractivity contribution is -0.141. The van der Waals surface area contributed by atoms with Gasteiger partial charge in [-0.2, -0.15) is 0 Å². The molecule has 1 aliphatic heterocycles. The van der Waals surface area contributed by atoms with Gasteiger partial charge >= 0.3 is 5.97 Å². The second-order valence-electron chi connectivity index (χ2n) is 6.47. The highest BCUT2D eigenvalue weighted by Gasteiger charge is 2.21. The molecule has 0 bridgehead atoms. The quantitative estimate of drug-likeness (QED) is 0.570. The number of amides is 2. The number of ether oxygens (including phenoxy) is 1. The van der Waals surface area contributed by atoms with Gasteiger partial charge in [-0.25, -0.2) is 4.39 Å². The molecule has 2 aromatic rings. The van der Waals surface area contributed by atoms with Gasteiger partial charge in [-0.15, -0.1) is 0 Å². The summed E-state index contributed by atoms with van der Waals surface area (Å²) in [4.78, 5) is 49.1. The zero-order chi connectivity index (χ0) is 20.8. The topological polar surface area (TPSA) is 92.8 Å². The lowest BCUT2D eigenvalue weighted by Crippen LogP contribution is -2.31. The van der Waals surface area contributed by atoms with Gasteiger partial charge in [-0.1, -0.05) is 0 Å². The Morgan fingerprint density at radius 3 is 2.28 bits per heavy atom. The van der Waals surface area contributed by atoms with Crippen LogP contribution in [0.1, 0.15) is 33.6 Å². The summed E-state index contributed by atoms with van der Waals surface area (Å²) in [6, 6.07) is 11.4. The van der Waals surface area contributed by atoms with Crippen molar-refractivity contribution in [3.63, 3.8) is 0 Å². The van der Waals surface area contributed by atoms with Crippen molar-refractivity contribution in [1.29, 1.82) is 0 Å². The Morgan fingerprint density at radius 2 is 1.66 bits per heavy atom. The van der Waals surface area contributed by atoms with Crippen LogP contribution < -0.4 is 10.2 Å². The molecular formula is C21H19FN2O5. The number of nitrogens with zero attached hydrogens (tertiary/aromatic N) is 1. The zero-order valence-electron chi connectivity index (χ0n) is 15.5. The maximum Gasteiger partial charge on any atom is 0.325 e. The van der Waals surface area contributed by atoms with Crippen LogP contribution in [-0.2, 0) is 14.3 Å². The number of nitrogens with one attached hydrogen (secondary N) is 1. The molecule has 7 nitrogen and oxygen atoms in total. The van der Waals surface area contributed by atoms with Crippen LogP contribution in [0.25, 0.3) is 0 Å². The molecule has 1 N–H and O–H groups in total. The van der Waals surface area contributed by atoms with Crippen molar-refractivity contribution in [2.45, 2.75) is 12.8 Å². The Morgan fingerprint density at radius 1 is 1.00 bits per heavy atom. The molecule has 0 aliphatic carbocycles. The van der Waals surface area contributed by atoms with Crippen molar-refractivity contribution in [2.24, 2.45) is 0 Å². The van der Waals surface area contributed by atoms with E-state index >= 15 is 0 Å². The summed E-state index contributed by atoms with van der Waals surface area (Å²) in [6.45, 7) is -0.242. The fraction of sp³-hybridized carbons (Fsp3) is 0.238. The number of hydrogen-bond acceptors (Lipinski definition) is 5. The molecule has 150 valence electrons. The maximum atomic E-state index is 12.8. The standard InChI is InChI=1S/C21H19FN2O5/c22-16-7-3-14(4-8-16)18(25)13-29-20(27)12-23-21(28)15-5-9-17(10-6-15)24-11-1-2-19(24)26/h3-10H,1-2,11-13H2,(H,23,28). The molecule has 0 unspecified atom stereocenters. The molecule has 1 fully saturated rings. The predicted octanol–water partition coefficient (Wildman–Crippen LogP) is 2.11. The van der Waals surface area contributed by atoms with Gasteiger partial charge in [0.1, 0.15) is 12.4 Å². The fourth-order valence-electron chi connectivity index (χ4n) is 2.88. The summed E-state index contributed by atoms with van der Waals surface area (Å²) < 4.78 is 17.7. The Hall–Kier alpha value is -3.55. The van der Waals surface area contributed by atoms with Crippen LogP contribution in [0.3, 0.4) is 0 Å². The molecule has 2 aromatic carbocycles. The van der Waals surface area contributed by atoms with Gasteiger partial charge in [0.2, 0.25) is 5.91 Å². The van der Waals surface area contributed by atoms with Crippen LogP contribution in [0.2, 0.25) is 0 Å². The average molecular weight is 398 g/mol. The summed E-state index contributed by atoms with van der Waals surface area (Å²) in [7, 11) is 0. The van der Waals surface area contributed by atoms with E-state index in [9.17, 15) is 23.6 Å². The number of anilines is 1. The third kappa shape index (κ3) is 5.25. The Labute approximate surface area is 166 Å². The van der Waals surface area contributed by atoms with Gasteiger partial charge in [-0.3, -0.25) is 19.2 Å². The van der Waals surface area contributed by atoms with E-state index in [0.29, 0.717) is 18.5 Å². The first kappa shape index (κ1) is 20.2. The predicted molar refractivity (Wildman–Crippen MR) is 102 cm³/mol. The van der Waals surface area contributed by atoms with Gasteiger partial charge in [-0.05, 0) is 55.0 Å². The van der Waals surface area contributed by atoms with Crippen LogP contribution in [0.5, 0.6) is 0 Å². The summed E-state index contributed by atoms with van der Waals surface area (Å²) in [5.41, 5.74) is 1.28. The first-order chi connectivity index (χ1) is 13.9. The van der Waals surface area contributed by atoms with Crippen molar-refractivity contribution in [3.05, 3.63) is 65.5 Å². The minimum Gasteiger partial charge on any atom is -0.456 e. The van der Waals surface area contributed by atoms with Gasteiger partial charge in [0.15, 0.2) is 12.4 Å². The highest BCUT2D eigenvalue weighted by Crippen LogP contribution is 2.21. The SMILES string of the molecule is O=C(CNC(=O)c1ccc(N2CCCC2=O)cc1)OCC(=O)c1ccc(F)cc1. The number of carbonyl (C=O) groups excluding carboxylic acids is 4. The molecule has 8 heteroatoms. The Kier molecular flexibility index (Phi) is 6.33. The summed E-state index contributed by atoms with van der Waals surface area (Å²) >= 11 is 0. The van der Waals surface area contributed by atoms with Gasteiger partial charge < -0.3 is 15.0 Å². The third-order valence-corrected chi connectivity index (χ3v) is 4.44. The molecular weight excluding hydrogens is 379 g/mol. The lowest BCUT2D eigenvalue weighted by atomic mass is 10.1. The second-order valence-corrected chi connectivity index (χ2v) is 6.47.